The normalized spacial score (nSPS) is 19.4. The summed E-state index contributed by atoms with van der Waals surface area (Å²) < 4.78 is 4.12. The van der Waals surface area contributed by atoms with Crippen LogP contribution in [0.15, 0.2) is 0 Å². The Morgan fingerprint density at radius 1 is 1.62 bits per heavy atom. The van der Waals surface area contributed by atoms with E-state index in [9.17, 15) is 9.59 Å². The van der Waals surface area contributed by atoms with Crippen LogP contribution in [0.1, 0.15) is 0 Å². The van der Waals surface area contributed by atoms with E-state index in [1.54, 1.807) is 0 Å². The molecule has 8 heavy (non-hydrogen) atoms. The molecule has 1 aliphatic heterocycles. The quantitative estimate of drug-likeness (QED) is 0.318. The standard InChI is InChI=1S/C4H5NO3/c1-5-2-3(6)8-4(5)7/h2H2,1H3. The number of likely N-dealkylation sites (N-methyl/N-ethyl adjacent to an activating group) is 1. The highest BCUT2D eigenvalue weighted by Gasteiger charge is 2.25. The first-order valence-electron chi connectivity index (χ1n) is 2.16. The molecule has 0 aromatic rings. The fourth-order valence-electron chi connectivity index (χ4n) is 0.466. The highest BCUT2D eigenvalue weighted by molar-refractivity contribution is 5.92. The predicted octanol–water partition coefficient (Wildman–Crippen LogP) is -0.405. The minimum Gasteiger partial charge on any atom is -0.375 e. The zero-order valence-electron chi connectivity index (χ0n) is 4.38. The van der Waals surface area contributed by atoms with Crippen molar-refractivity contribution in [3.63, 3.8) is 0 Å². The molecule has 0 saturated carbocycles. The van der Waals surface area contributed by atoms with Crippen LogP contribution in [0.3, 0.4) is 0 Å². The van der Waals surface area contributed by atoms with E-state index in [0.29, 0.717) is 0 Å². The van der Waals surface area contributed by atoms with Crippen molar-refractivity contribution in [2.75, 3.05) is 13.6 Å². The maximum atomic E-state index is 10.3. The monoisotopic (exact) mass is 115 g/mol. The van der Waals surface area contributed by atoms with Gasteiger partial charge >= 0.3 is 12.1 Å². The third kappa shape index (κ3) is 0.641. The molecule has 0 spiro atoms. The molecule has 1 aliphatic rings. The van der Waals surface area contributed by atoms with E-state index in [-0.39, 0.29) is 6.54 Å². The Morgan fingerprint density at radius 2 is 2.25 bits per heavy atom. The molecule has 0 unspecified atom stereocenters. The summed E-state index contributed by atoms with van der Waals surface area (Å²) in [6.07, 6.45) is -0.560. The lowest BCUT2D eigenvalue weighted by Crippen LogP contribution is -2.17. The van der Waals surface area contributed by atoms with Crippen molar-refractivity contribution in [1.82, 2.24) is 4.90 Å². The number of esters is 1. The van der Waals surface area contributed by atoms with Gasteiger partial charge in [0.2, 0.25) is 0 Å². The van der Waals surface area contributed by atoms with E-state index in [1.165, 1.54) is 11.9 Å². The molecule has 1 heterocycles. The molecule has 44 valence electrons. The van der Waals surface area contributed by atoms with Crippen molar-refractivity contribution in [1.29, 1.82) is 0 Å². The average Bonchev–Trinajstić information content (AvgIpc) is 1.85. The van der Waals surface area contributed by atoms with Gasteiger partial charge in [-0.2, -0.15) is 0 Å². The second-order valence-electron chi connectivity index (χ2n) is 1.60. The zero-order chi connectivity index (χ0) is 6.15. The molecule has 1 amide bonds. The number of cyclic esters (lactones) is 2. The van der Waals surface area contributed by atoms with E-state index in [1.807, 2.05) is 0 Å². The Morgan fingerprint density at radius 3 is 2.38 bits per heavy atom. The minimum absolute atomic E-state index is 0.0822. The van der Waals surface area contributed by atoms with E-state index in [0.717, 1.165) is 0 Å². The summed E-state index contributed by atoms with van der Waals surface area (Å²) >= 11 is 0. The Labute approximate surface area is 46.0 Å². The third-order valence-electron chi connectivity index (χ3n) is 0.879. The van der Waals surface area contributed by atoms with Crippen LogP contribution < -0.4 is 0 Å². The van der Waals surface area contributed by atoms with Crippen LogP contribution in [-0.4, -0.2) is 30.6 Å². The summed E-state index contributed by atoms with van der Waals surface area (Å²) in [4.78, 5) is 21.7. The van der Waals surface area contributed by atoms with Gasteiger partial charge in [-0.1, -0.05) is 0 Å². The highest BCUT2D eigenvalue weighted by atomic mass is 16.6. The number of rotatable bonds is 0. The van der Waals surface area contributed by atoms with Crippen LogP contribution in [-0.2, 0) is 9.53 Å². The van der Waals surface area contributed by atoms with Crippen molar-refractivity contribution in [3.8, 4) is 0 Å². The number of nitrogens with zero attached hydrogens (tertiary/aromatic N) is 1. The summed E-state index contributed by atoms with van der Waals surface area (Å²) in [6.45, 7) is 0.0822. The number of amides is 1. The minimum atomic E-state index is -0.560. The summed E-state index contributed by atoms with van der Waals surface area (Å²) in [6, 6.07) is 0. The van der Waals surface area contributed by atoms with E-state index < -0.39 is 12.1 Å². The second-order valence-corrected chi connectivity index (χ2v) is 1.60. The van der Waals surface area contributed by atoms with Gasteiger partial charge in [0.05, 0.1) is 0 Å². The fourth-order valence-corrected chi connectivity index (χ4v) is 0.466. The van der Waals surface area contributed by atoms with Crippen molar-refractivity contribution in [2.24, 2.45) is 0 Å². The van der Waals surface area contributed by atoms with Crippen molar-refractivity contribution >= 4 is 12.1 Å². The number of hydrogen-bond acceptors (Lipinski definition) is 3. The lowest BCUT2D eigenvalue weighted by atomic mass is 10.6. The van der Waals surface area contributed by atoms with Gasteiger partial charge in [0.15, 0.2) is 0 Å². The van der Waals surface area contributed by atoms with Crippen molar-refractivity contribution < 1.29 is 14.3 Å². The van der Waals surface area contributed by atoms with Gasteiger partial charge in [-0.05, 0) is 0 Å². The SMILES string of the molecule is CN1CC(=O)OC1=O. The molecule has 1 fully saturated rings. The van der Waals surface area contributed by atoms with Gasteiger partial charge in [0.25, 0.3) is 0 Å². The van der Waals surface area contributed by atoms with Gasteiger partial charge in [0.1, 0.15) is 6.54 Å². The first-order valence-corrected chi connectivity index (χ1v) is 2.16. The first kappa shape index (κ1) is 5.08. The predicted molar refractivity (Wildman–Crippen MR) is 24.1 cm³/mol. The lowest BCUT2D eigenvalue weighted by Gasteiger charge is -1.97. The molecule has 0 bridgehead atoms. The molecule has 1 saturated heterocycles. The van der Waals surface area contributed by atoms with Gasteiger partial charge in [-0.15, -0.1) is 0 Å². The van der Waals surface area contributed by atoms with E-state index >= 15 is 0 Å². The zero-order valence-corrected chi connectivity index (χ0v) is 4.38. The molecule has 4 nitrogen and oxygen atoms in total. The fraction of sp³-hybridized carbons (Fsp3) is 0.500. The van der Waals surface area contributed by atoms with Crippen LogP contribution in [0.25, 0.3) is 0 Å². The van der Waals surface area contributed by atoms with Crippen molar-refractivity contribution in [3.05, 3.63) is 0 Å². The molecule has 0 aromatic carbocycles. The van der Waals surface area contributed by atoms with Crippen LogP contribution in [0.2, 0.25) is 0 Å². The summed E-state index contributed by atoms with van der Waals surface area (Å²) in [5, 5.41) is 0. The Hall–Kier alpha value is -1.06. The van der Waals surface area contributed by atoms with Crippen molar-refractivity contribution in [2.45, 2.75) is 0 Å². The van der Waals surface area contributed by atoms with E-state index in [2.05, 4.69) is 4.74 Å². The molecule has 1 rings (SSSR count). The second kappa shape index (κ2) is 1.47. The number of hydrogen-bond donors (Lipinski definition) is 0. The molecule has 4 heteroatoms. The molecule has 0 atom stereocenters. The maximum Gasteiger partial charge on any atom is 0.417 e. The van der Waals surface area contributed by atoms with Crippen LogP contribution in [0, 0.1) is 0 Å². The average molecular weight is 115 g/mol. The molecular weight excluding hydrogens is 110 g/mol. The first-order chi connectivity index (χ1) is 3.70. The van der Waals surface area contributed by atoms with Gasteiger partial charge in [-0.3, -0.25) is 4.90 Å². The van der Waals surface area contributed by atoms with Crippen LogP contribution in [0.4, 0.5) is 4.79 Å². The Balaban J connectivity index is 2.64. The largest absolute Gasteiger partial charge is 0.417 e. The number of carbonyl (C=O) groups is 2. The molecule has 0 aliphatic carbocycles. The van der Waals surface area contributed by atoms with E-state index in [4.69, 9.17) is 0 Å². The third-order valence-corrected chi connectivity index (χ3v) is 0.879. The lowest BCUT2D eigenvalue weighted by molar-refractivity contribution is -0.132. The number of carbonyl (C=O) groups excluding carboxylic acids is 2. The Bertz CT molecular complexity index is 142. The van der Waals surface area contributed by atoms with Gasteiger partial charge in [0, 0.05) is 7.05 Å². The van der Waals surface area contributed by atoms with Gasteiger partial charge in [-0.25, -0.2) is 9.59 Å². The summed E-state index contributed by atoms with van der Waals surface area (Å²) in [5.41, 5.74) is 0. The smallest absolute Gasteiger partial charge is 0.375 e. The maximum absolute atomic E-state index is 10.3. The Kier molecular flexibility index (Phi) is 0.932. The topological polar surface area (TPSA) is 46.6 Å². The number of ether oxygens (including phenoxy) is 1. The highest BCUT2D eigenvalue weighted by Crippen LogP contribution is 1.99. The van der Waals surface area contributed by atoms with Gasteiger partial charge < -0.3 is 4.74 Å². The molecule has 0 aromatic heterocycles. The molecule has 0 N–H and O–H groups in total. The molecule has 0 radical (unpaired) electrons. The molecular formula is C4H5NO3. The summed E-state index contributed by atoms with van der Waals surface area (Å²) in [5.74, 6) is -0.475. The van der Waals surface area contributed by atoms with Crippen LogP contribution >= 0.6 is 0 Å². The van der Waals surface area contributed by atoms with Crippen LogP contribution in [0.5, 0.6) is 0 Å². The summed E-state index contributed by atoms with van der Waals surface area (Å²) in [7, 11) is 1.51.